The van der Waals surface area contributed by atoms with Gasteiger partial charge in [-0.3, -0.25) is 15.0 Å². The van der Waals surface area contributed by atoms with Gasteiger partial charge in [-0.25, -0.2) is 0 Å². The van der Waals surface area contributed by atoms with Gasteiger partial charge in [-0.2, -0.15) is 5.26 Å². The first-order valence-electron chi connectivity index (χ1n) is 11.1. The fourth-order valence-electron chi connectivity index (χ4n) is 3.96. The fraction of sp³-hybridized carbons (Fsp3) is 0.259. The van der Waals surface area contributed by atoms with Gasteiger partial charge in [0.1, 0.15) is 5.75 Å². The number of benzene rings is 2. The number of hydrogen-bond donors (Lipinski definition) is 1. The lowest BCUT2D eigenvalue weighted by molar-refractivity contribution is -0.108. The van der Waals surface area contributed by atoms with Crippen LogP contribution in [0, 0.1) is 16.7 Å². The van der Waals surface area contributed by atoms with Crippen LogP contribution in [0.4, 0.5) is 0 Å². The van der Waals surface area contributed by atoms with Crippen molar-refractivity contribution in [1.82, 2.24) is 9.13 Å². The molecule has 2 aromatic carbocycles. The van der Waals surface area contributed by atoms with Gasteiger partial charge < -0.3 is 18.6 Å². The second-order valence-corrected chi connectivity index (χ2v) is 8.86. The molecule has 0 fully saturated rings. The van der Waals surface area contributed by atoms with E-state index in [2.05, 4.69) is 4.57 Å². The molecule has 0 saturated heterocycles. The van der Waals surface area contributed by atoms with E-state index in [4.69, 9.17) is 31.7 Å². The molecule has 0 bridgehead atoms. The number of nitriles is 1. The van der Waals surface area contributed by atoms with Gasteiger partial charge in [0.25, 0.3) is 5.24 Å². The first-order chi connectivity index (χ1) is 17.0. The van der Waals surface area contributed by atoms with Crippen LogP contribution in [0.15, 0.2) is 48.8 Å². The number of nitrogens with one attached hydrogen (secondary N) is 1. The largest absolute Gasteiger partial charge is 0.497 e. The Labute approximate surface area is 226 Å². The molecule has 0 aliphatic carbocycles. The molecular weight excluding hydrogens is 515 g/mol. The molecule has 0 unspecified atom stereocenters. The Bertz CT molecular complexity index is 1510. The summed E-state index contributed by atoms with van der Waals surface area (Å²) in [7, 11) is 5.40. The molecule has 10 heteroatoms. The molecule has 8 nitrogen and oxygen atoms in total. The van der Waals surface area contributed by atoms with Crippen molar-refractivity contribution in [1.29, 1.82) is 10.7 Å². The van der Waals surface area contributed by atoms with E-state index in [1.54, 1.807) is 36.9 Å². The number of carbonyl (C=O) groups excluding carboxylic acids is 2. The van der Waals surface area contributed by atoms with Crippen LogP contribution >= 0.6 is 24.0 Å². The SMILES string of the molecule is COc1ccc2c(c1)c(CC(=N)OC(C)C)cn2C.Cl.Cn1cc(C(=O)C(=O)Cl)c2ccc(C#N)cc21. The maximum Gasteiger partial charge on any atom is 0.293 e. The Hall–Kier alpha value is -3.80. The Balaban J connectivity index is 0.000000255. The standard InChI is InChI=1S/C15H20N2O2.C12H7ClN2O2.ClH/c1-10(2)19-15(16)7-11-9-17(3)14-6-5-12(18-4)8-13(11)14;1-15-6-9(11(16)12(13)17)8-3-2-7(5-14)4-10(8)15;/h5-6,8-10,16H,7H2,1-4H3;2-4,6H,1H3;1H. The second kappa shape index (κ2) is 12.4. The average Bonchev–Trinajstić information content (AvgIpc) is 3.33. The zero-order chi connectivity index (χ0) is 26.6. The Morgan fingerprint density at radius 2 is 1.73 bits per heavy atom. The number of fused-ring (bicyclic) bond motifs is 2. The van der Waals surface area contributed by atoms with Gasteiger partial charge in [0.15, 0.2) is 5.90 Å². The third kappa shape index (κ3) is 6.70. The van der Waals surface area contributed by atoms with Crippen LogP contribution < -0.4 is 4.74 Å². The van der Waals surface area contributed by atoms with Crippen molar-refractivity contribution >= 4 is 62.7 Å². The summed E-state index contributed by atoms with van der Waals surface area (Å²) in [6.45, 7) is 3.86. The number of carbonyl (C=O) groups is 2. The number of aryl methyl sites for hydroxylation is 2. The molecule has 0 radical (unpaired) electrons. The van der Waals surface area contributed by atoms with Crippen molar-refractivity contribution in [3.05, 3.63) is 65.5 Å². The predicted octanol–water partition coefficient (Wildman–Crippen LogP) is 5.55. The highest BCUT2D eigenvalue weighted by molar-refractivity contribution is 6.83. The minimum Gasteiger partial charge on any atom is -0.497 e. The van der Waals surface area contributed by atoms with Gasteiger partial charge in [-0.1, -0.05) is 6.07 Å². The summed E-state index contributed by atoms with van der Waals surface area (Å²) in [4.78, 5) is 22.4. The zero-order valence-electron chi connectivity index (χ0n) is 21.2. The number of rotatable bonds is 6. The van der Waals surface area contributed by atoms with Crippen LogP contribution in [0.25, 0.3) is 21.8 Å². The molecule has 4 rings (SSSR count). The van der Waals surface area contributed by atoms with Crippen molar-refractivity contribution in [2.24, 2.45) is 14.1 Å². The monoisotopic (exact) mass is 542 g/mol. The maximum absolute atomic E-state index is 11.6. The molecule has 0 aliphatic rings. The summed E-state index contributed by atoms with van der Waals surface area (Å²) < 4.78 is 14.4. The smallest absolute Gasteiger partial charge is 0.293 e. The normalized spacial score (nSPS) is 10.3. The quantitative estimate of drug-likeness (QED) is 0.113. The maximum atomic E-state index is 11.6. The number of aromatic nitrogens is 2. The fourth-order valence-corrected chi connectivity index (χ4v) is 4.06. The number of ether oxygens (including phenoxy) is 2. The number of halogens is 2. The third-order valence-electron chi connectivity index (χ3n) is 5.55. The molecule has 1 N–H and O–H groups in total. The topological polar surface area (TPSA) is 110 Å². The molecule has 0 spiro atoms. The zero-order valence-corrected chi connectivity index (χ0v) is 22.7. The lowest BCUT2D eigenvalue weighted by atomic mass is 10.1. The summed E-state index contributed by atoms with van der Waals surface area (Å²) in [6, 6.07) is 12.9. The van der Waals surface area contributed by atoms with E-state index in [1.165, 1.54) is 6.20 Å². The van der Waals surface area contributed by atoms with Crippen molar-refractivity contribution in [3.63, 3.8) is 0 Å². The van der Waals surface area contributed by atoms with Gasteiger partial charge in [0.2, 0.25) is 5.78 Å². The summed E-state index contributed by atoms with van der Waals surface area (Å²) in [5.74, 6) is 0.392. The molecule has 2 heterocycles. The van der Waals surface area contributed by atoms with Gasteiger partial charge >= 0.3 is 0 Å². The lowest BCUT2D eigenvalue weighted by Gasteiger charge is -2.10. The summed E-state index contributed by atoms with van der Waals surface area (Å²) in [5, 5.41) is 17.4. The first kappa shape index (κ1) is 29.4. The highest BCUT2D eigenvalue weighted by atomic mass is 35.5. The lowest BCUT2D eigenvalue weighted by Crippen LogP contribution is -2.12. The number of methoxy groups -OCH3 is 1. The van der Waals surface area contributed by atoms with Crippen molar-refractivity contribution in [3.8, 4) is 11.8 Å². The van der Waals surface area contributed by atoms with Crippen LogP contribution in [0.1, 0.15) is 35.3 Å². The van der Waals surface area contributed by atoms with Crippen molar-refractivity contribution in [2.75, 3.05) is 7.11 Å². The molecule has 0 saturated carbocycles. The van der Waals surface area contributed by atoms with Gasteiger partial charge in [-0.15, -0.1) is 12.4 Å². The van der Waals surface area contributed by atoms with Crippen molar-refractivity contribution < 1.29 is 19.1 Å². The van der Waals surface area contributed by atoms with Crippen molar-refractivity contribution in [2.45, 2.75) is 26.4 Å². The summed E-state index contributed by atoms with van der Waals surface area (Å²) in [6.07, 6.45) is 4.12. The Kier molecular flexibility index (Phi) is 9.89. The molecule has 0 amide bonds. The molecule has 37 heavy (non-hydrogen) atoms. The van der Waals surface area contributed by atoms with Gasteiger partial charge in [-0.05, 0) is 61.3 Å². The molecular formula is C27H28Cl2N4O4. The number of nitrogens with zero attached hydrogens (tertiary/aromatic N) is 3. The van der Waals surface area contributed by atoms with Gasteiger partial charge in [0.05, 0.1) is 36.8 Å². The Morgan fingerprint density at radius 1 is 1.05 bits per heavy atom. The summed E-state index contributed by atoms with van der Waals surface area (Å²) in [5.41, 5.74) is 3.68. The van der Waals surface area contributed by atoms with E-state index in [0.717, 1.165) is 22.2 Å². The van der Waals surface area contributed by atoms with E-state index in [0.29, 0.717) is 28.8 Å². The second-order valence-electron chi connectivity index (χ2n) is 8.52. The van der Waals surface area contributed by atoms with E-state index >= 15 is 0 Å². The van der Waals surface area contributed by atoms with E-state index in [-0.39, 0.29) is 24.1 Å². The molecule has 2 aromatic heterocycles. The van der Waals surface area contributed by atoms with E-state index in [9.17, 15) is 9.59 Å². The molecule has 0 aliphatic heterocycles. The number of ketones is 1. The average molecular weight is 543 g/mol. The first-order valence-corrected chi connectivity index (χ1v) is 11.5. The van der Waals surface area contributed by atoms with Crippen LogP contribution in [0.2, 0.25) is 0 Å². The Morgan fingerprint density at radius 3 is 2.32 bits per heavy atom. The van der Waals surface area contributed by atoms with Crippen LogP contribution in [0.5, 0.6) is 5.75 Å². The molecule has 0 atom stereocenters. The molecule has 4 aromatic rings. The minimum atomic E-state index is -1.01. The molecule has 194 valence electrons. The number of Topliss-reactive ketones (excluding diaryl/α,β-unsaturated/α-hetero) is 1. The van der Waals surface area contributed by atoms with E-state index in [1.807, 2.05) is 51.4 Å². The van der Waals surface area contributed by atoms with E-state index < -0.39 is 11.0 Å². The third-order valence-corrected chi connectivity index (χ3v) is 5.72. The summed E-state index contributed by atoms with van der Waals surface area (Å²) >= 11 is 5.18. The highest BCUT2D eigenvalue weighted by Crippen LogP contribution is 2.26. The highest BCUT2D eigenvalue weighted by Gasteiger charge is 2.19. The van der Waals surface area contributed by atoms with Crippen LogP contribution in [-0.4, -0.2) is 39.3 Å². The predicted molar refractivity (Wildman–Crippen MR) is 147 cm³/mol. The number of hydrogen-bond acceptors (Lipinski definition) is 6. The van der Waals surface area contributed by atoms with Crippen LogP contribution in [0.3, 0.4) is 0 Å². The van der Waals surface area contributed by atoms with Crippen LogP contribution in [-0.2, 0) is 30.0 Å². The minimum absolute atomic E-state index is 0. The van der Waals surface area contributed by atoms with Gasteiger partial charge in [0, 0.05) is 48.3 Å².